The lowest BCUT2D eigenvalue weighted by molar-refractivity contribution is -0.654. The molecule has 0 saturated heterocycles. The second-order valence-corrected chi connectivity index (χ2v) is 6.72. The molecule has 2 aromatic rings. The molecule has 0 aliphatic carbocycles. The van der Waals surface area contributed by atoms with Crippen molar-refractivity contribution < 1.29 is 14.0 Å². The average molecular weight is 378 g/mol. The van der Waals surface area contributed by atoms with Crippen LogP contribution < -0.4 is 9.47 Å². The van der Waals surface area contributed by atoms with Crippen LogP contribution in [-0.2, 0) is 16.5 Å². The Morgan fingerprint density at radius 3 is 2.31 bits per heavy atom. The third-order valence-electron chi connectivity index (χ3n) is 3.97. The van der Waals surface area contributed by atoms with Crippen LogP contribution in [0.5, 0.6) is 0 Å². The minimum absolute atomic E-state index is 0.706. The number of nitrogens with zero attached hydrogens (tertiary/aromatic N) is 4. The summed E-state index contributed by atoms with van der Waals surface area (Å²) in [5, 5.41) is 11.6. The van der Waals surface area contributed by atoms with Crippen LogP contribution in [0.3, 0.4) is 0 Å². The minimum atomic E-state index is 0.706. The van der Waals surface area contributed by atoms with Crippen molar-refractivity contribution in [2.24, 2.45) is 17.3 Å². The minimum Gasteiger partial charge on any atom is -0.380 e. The number of thiazole rings is 1. The number of rotatable bonds is 11. The van der Waals surface area contributed by atoms with Crippen LogP contribution in [0.15, 0.2) is 40.0 Å². The van der Waals surface area contributed by atoms with E-state index in [1.54, 1.807) is 11.3 Å². The second-order valence-electron chi connectivity index (χ2n) is 5.85. The van der Waals surface area contributed by atoms with Gasteiger partial charge in [0.15, 0.2) is 0 Å². The van der Waals surface area contributed by atoms with Crippen molar-refractivity contribution in [3.8, 4) is 0 Å². The topological polar surface area (TPSA) is 50.3 Å². The van der Waals surface area contributed by atoms with Gasteiger partial charge in [0.25, 0.3) is 0 Å². The van der Waals surface area contributed by atoms with Crippen molar-refractivity contribution in [2.75, 3.05) is 44.4 Å². The lowest BCUT2D eigenvalue weighted by Gasteiger charge is -2.25. The maximum Gasteiger partial charge on any atom is 0.408 e. The average Bonchev–Trinajstić information content (AvgIpc) is 3.04. The molecule has 0 aliphatic rings. The van der Waals surface area contributed by atoms with E-state index in [9.17, 15) is 0 Å². The molecular formula is C19H29N4O2S+. The van der Waals surface area contributed by atoms with Gasteiger partial charge in [-0.05, 0) is 61.0 Å². The lowest BCUT2D eigenvalue weighted by atomic mass is 10.1. The summed E-state index contributed by atoms with van der Waals surface area (Å²) in [6.45, 7) is 10.7. The zero-order valence-electron chi connectivity index (χ0n) is 16.1. The molecule has 1 aromatic heterocycles. The molecule has 7 heteroatoms. The Bertz CT molecular complexity index is 693. The van der Waals surface area contributed by atoms with Gasteiger partial charge in [0, 0.05) is 37.4 Å². The maximum absolute atomic E-state index is 5.52. The van der Waals surface area contributed by atoms with Gasteiger partial charge < -0.3 is 14.4 Å². The molecule has 26 heavy (non-hydrogen) atoms. The summed E-state index contributed by atoms with van der Waals surface area (Å²) in [5.74, 6) is 0. The van der Waals surface area contributed by atoms with Crippen molar-refractivity contribution in [3.63, 3.8) is 0 Å². The summed E-state index contributed by atoms with van der Waals surface area (Å²) in [6.07, 6.45) is 1.98. The van der Waals surface area contributed by atoms with Gasteiger partial charge in [-0.15, -0.1) is 0 Å². The molecule has 0 unspecified atom stereocenters. The first-order chi connectivity index (χ1) is 12.7. The highest BCUT2D eigenvalue weighted by Gasteiger charge is 2.11. The first kappa shape index (κ1) is 20.5. The number of benzene rings is 1. The van der Waals surface area contributed by atoms with Crippen LogP contribution in [0.1, 0.15) is 19.4 Å². The highest BCUT2D eigenvalue weighted by Crippen LogP contribution is 2.26. The van der Waals surface area contributed by atoms with E-state index >= 15 is 0 Å². The zero-order chi connectivity index (χ0) is 18.8. The maximum atomic E-state index is 5.52. The number of ether oxygens (including phenoxy) is 2. The molecule has 0 aliphatic heterocycles. The van der Waals surface area contributed by atoms with Crippen molar-refractivity contribution in [1.29, 1.82) is 0 Å². The predicted octanol–water partition coefficient (Wildman–Crippen LogP) is 4.18. The second kappa shape index (κ2) is 11.0. The Morgan fingerprint density at radius 2 is 1.77 bits per heavy atom. The number of anilines is 1. The van der Waals surface area contributed by atoms with Gasteiger partial charge in [0.1, 0.15) is 11.9 Å². The predicted molar refractivity (Wildman–Crippen MR) is 106 cm³/mol. The monoisotopic (exact) mass is 377 g/mol. The Kier molecular flexibility index (Phi) is 8.67. The number of aryl methyl sites for hydroxylation is 2. The SMILES string of the molecule is CCOCCN(CCOCC)c1ccc(N=Nc2scc[n+]2C)c(C)c1. The molecule has 0 N–H and O–H groups in total. The van der Waals surface area contributed by atoms with E-state index in [4.69, 9.17) is 9.47 Å². The van der Waals surface area contributed by atoms with Crippen molar-refractivity contribution in [1.82, 2.24) is 0 Å². The van der Waals surface area contributed by atoms with Crippen LogP contribution in [0.2, 0.25) is 0 Å². The third-order valence-corrected chi connectivity index (χ3v) is 4.81. The molecule has 2 rings (SSSR count). The first-order valence-corrected chi connectivity index (χ1v) is 9.89. The lowest BCUT2D eigenvalue weighted by Crippen LogP contribution is -2.31. The summed E-state index contributed by atoms with van der Waals surface area (Å²) in [7, 11) is 1.97. The van der Waals surface area contributed by atoms with Crippen LogP contribution >= 0.6 is 11.3 Å². The van der Waals surface area contributed by atoms with E-state index in [1.165, 1.54) is 0 Å². The number of azo groups is 1. The Balaban J connectivity index is 2.10. The highest BCUT2D eigenvalue weighted by atomic mass is 32.1. The molecule has 1 aromatic carbocycles. The van der Waals surface area contributed by atoms with Crippen molar-refractivity contribution in [2.45, 2.75) is 20.8 Å². The van der Waals surface area contributed by atoms with Gasteiger partial charge in [0.2, 0.25) is 0 Å². The van der Waals surface area contributed by atoms with E-state index in [0.717, 1.165) is 48.4 Å². The Morgan fingerprint density at radius 1 is 1.08 bits per heavy atom. The summed E-state index contributed by atoms with van der Waals surface area (Å²) in [4.78, 5) is 2.29. The molecule has 1 heterocycles. The quantitative estimate of drug-likeness (QED) is 0.335. The van der Waals surface area contributed by atoms with E-state index in [2.05, 4.69) is 34.2 Å². The molecule has 6 nitrogen and oxygen atoms in total. The molecular weight excluding hydrogens is 348 g/mol. The fourth-order valence-electron chi connectivity index (χ4n) is 2.48. The van der Waals surface area contributed by atoms with E-state index < -0.39 is 0 Å². The van der Waals surface area contributed by atoms with Gasteiger partial charge in [0.05, 0.1) is 25.4 Å². The molecule has 0 bridgehead atoms. The summed E-state index contributed by atoms with van der Waals surface area (Å²) in [6, 6.07) is 6.27. The largest absolute Gasteiger partial charge is 0.408 e. The van der Waals surface area contributed by atoms with Crippen LogP contribution in [0, 0.1) is 6.92 Å². The van der Waals surface area contributed by atoms with Crippen molar-refractivity contribution >= 4 is 27.8 Å². The van der Waals surface area contributed by atoms with Gasteiger partial charge in [-0.2, -0.15) is 0 Å². The molecule has 0 atom stereocenters. The smallest absolute Gasteiger partial charge is 0.380 e. The highest BCUT2D eigenvalue weighted by molar-refractivity contribution is 7.12. The van der Waals surface area contributed by atoms with Gasteiger partial charge in [-0.25, -0.2) is 4.57 Å². The summed E-state index contributed by atoms with van der Waals surface area (Å²) in [5.41, 5.74) is 3.14. The fraction of sp³-hybridized carbons (Fsp3) is 0.526. The number of aromatic nitrogens is 1. The van der Waals surface area contributed by atoms with Crippen LogP contribution in [-0.4, -0.2) is 39.5 Å². The van der Waals surface area contributed by atoms with Crippen LogP contribution in [0.4, 0.5) is 16.5 Å². The van der Waals surface area contributed by atoms with Crippen molar-refractivity contribution in [3.05, 3.63) is 35.3 Å². The molecule has 0 fully saturated rings. The molecule has 0 amide bonds. The molecule has 0 spiro atoms. The molecule has 142 valence electrons. The summed E-state index contributed by atoms with van der Waals surface area (Å²) < 4.78 is 13.0. The van der Waals surface area contributed by atoms with E-state index in [1.807, 2.05) is 43.1 Å². The standard InChI is InChI=1S/C19H29N4O2S/c1-5-24-12-9-23(10-13-25-6-2)17-7-8-18(16(3)15-17)20-21-19-22(4)11-14-26-19/h7-8,11,14-15H,5-6,9-10,12-13H2,1-4H3/q+1. The van der Waals surface area contributed by atoms with Gasteiger partial charge in [-0.1, -0.05) is 0 Å². The van der Waals surface area contributed by atoms with Gasteiger partial charge >= 0.3 is 5.13 Å². The van der Waals surface area contributed by atoms with Gasteiger partial charge in [-0.3, -0.25) is 0 Å². The van der Waals surface area contributed by atoms with Crippen LogP contribution in [0.25, 0.3) is 0 Å². The number of hydrogen-bond acceptors (Lipinski definition) is 6. The van der Waals surface area contributed by atoms with E-state index in [-0.39, 0.29) is 0 Å². The number of hydrogen-bond donors (Lipinski definition) is 0. The summed E-state index contributed by atoms with van der Waals surface area (Å²) >= 11 is 1.57. The first-order valence-electron chi connectivity index (χ1n) is 9.01. The third kappa shape index (κ3) is 6.16. The Hall–Kier alpha value is -1.83. The molecule has 0 radical (unpaired) electrons. The van der Waals surface area contributed by atoms with E-state index in [0.29, 0.717) is 13.2 Å². The Labute approximate surface area is 160 Å². The normalized spacial score (nSPS) is 11.4. The zero-order valence-corrected chi connectivity index (χ0v) is 17.0. The molecule has 0 saturated carbocycles. The fourth-order valence-corrected chi connectivity index (χ4v) is 3.16.